The average molecular weight is 266 g/mol. The SMILES string of the molecule is Fc1ccc(CCc2ccc(-n3ccnc3)cc2)cc1. The number of halogens is 1. The van der Waals surface area contributed by atoms with E-state index in [1.54, 1.807) is 12.5 Å². The number of nitrogens with zero attached hydrogens (tertiary/aromatic N) is 2. The molecule has 0 aliphatic heterocycles. The Labute approximate surface area is 117 Å². The van der Waals surface area contributed by atoms with Gasteiger partial charge in [-0.05, 0) is 48.2 Å². The van der Waals surface area contributed by atoms with Crippen molar-refractivity contribution in [3.63, 3.8) is 0 Å². The van der Waals surface area contributed by atoms with Crippen molar-refractivity contribution >= 4 is 0 Å². The maximum atomic E-state index is 12.8. The Kier molecular flexibility index (Phi) is 3.59. The van der Waals surface area contributed by atoms with Gasteiger partial charge in [-0.15, -0.1) is 0 Å². The lowest BCUT2D eigenvalue weighted by Crippen LogP contribution is -1.94. The highest BCUT2D eigenvalue weighted by molar-refractivity contribution is 5.35. The Morgan fingerprint density at radius 1 is 0.850 bits per heavy atom. The second-order valence-corrected chi connectivity index (χ2v) is 4.76. The van der Waals surface area contributed by atoms with Crippen LogP contribution in [0.1, 0.15) is 11.1 Å². The molecule has 100 valence electrons. The summed E-state index contributed by atoms with van der Waals surface area (Å²) >= 11 is 0. The van der Waals surface area contributed by atoms with Gasteiger partial charge < -0.3 is 4.57 Å². The molecule has 0 bridgehead atoms. The molecule has 0 spiro atoms. The van der Waals surface area contributed by atoms with Crippen LogP contribution in [-0.2, 0) is 12.8 Å². The van der Waals surface area contributed by atoms with E-state index in [2.05, 4.69) is 29.2 Å². The second kappa shape index (κ2) is 5.70. The monoisotopic (exact) mass is 266 g/mol. The van der Waals surface area contributed by atoms with Crippen LogP contribution >= 0.6 is 0 Å². The molecule has 0 aliphatic carbocycles. The third-order valence-electron chi connectivity index (χ3n) is 3.35. The predicted octanol–water partition coefficient (Wildman–Crippen LogP) is 3.80. The van der Waals surface area contributed by atoms with Crippen molar-refractivity contribution in [1.29, 1.82) is 0 Å². The van der Waals surface area contributed by atoms with E-state index >= 15 is 0 Å². The summed E-state index contributed by atoms with van der Waals surface area (Å²) in [6, 6.07) is 15.1. The molecule has 0 saturated heterocycles. The molecule has 0 radical (unpaired) electrons. The zero-order valence-corrected chi connectivity index (χ0v) is 11.0. The first-order valence-corrected chi connectivity index (χ1v) is 6.63. The van der Waals surface area contributed by atoms with Crippen LogP contribution in [0.3, 0.4) is 0 Å². The van der Waals surface area contributed by atoms with Crippen LogP contribution < -0.4 is 0 Å². The summed E-state index contributed by atoms with van der Waals surface area (Å²) in [5.74, 6) is -0.182. The molecule has 2 aromatic carbocycles. The van der Waals surface area contributed by atoms with Crippen LogP contribution in [-0.4, -0.2) is 9.55 Å². The fraction of sp³-hybridized carbons (Fsp3) is 0.118. The number of rotatable bonds is 4. The number of aryl methyl sites for hydroxylation is 2. The van der Waals surface area contributed by atoms with Crippen LogP contribution in [0.2, 0.25) is 0 Å². The molecule has 3 aromatic rings. The minimum atomic E-state index is -0.182. The summed E-state index contributed by atoms with van der Waals surface area (Å²) in [6.07, 6.45) is 7.35. The Bertz CT molecular complexity index is 655. The molecular weight excluding hydrogens is 251 g/mol. The van der Waals surface area contributed by atoms with Crippen molar-refractivity contribution < 1.29 is 4.39 Å². The third-order valence-corrected chi connectivity index (χ3v) is 3.35. The maximum Gasteiger partial charge on any atom is 0.123 e. The summed E-state index contributed by atoms with van der Waals surface area (Å²) in [7, 11) is 0. The Morgan fingerprint density at radius 3 is 2.00 bits per heavy atom. The van der Waals surface area contributed by atoms with E-state index in [1.165, 1.54) is 17.7 Å². The lowest BCUT2D eigenvalue weighted by Gasteiger charge is -2.05. The van der Waals surface area contributed by atoms with Gasteiger partial charge in [0.25, 0.3) is 0 Å². The first-order valence-electron chi connectivity index (χ1n) is 6.63. The highest BCUT2D eigenvalue weighted by Crippen LogP contribution is 2.12. The molecular formula is C17H15FN2. The van der Waals surface area contributed by atoms with Gasteiger partial charge >= 0.3 is 0 Å². The van der Waals surface area contributed by atoms with E-state index in [4.69, 9.17) is 0 Å². The van der Waals surface area contributed by atoms with E-state index in [9.17, 15) is 4.39 Å². The summed E-state index contributed by atoms with van der Waals surface area (Å²) < 4.78 is 14.8. The highest BCUT2D eigenvalue weighted by Gasteiger charge is 1.99. The van der Waals surface area contributed by atoms with Crippen LogP contribution in [0, 0.1) is 5.82 Å². The summed E-state index contributed by atoms with van der Waals surface area (Å²) in [4.78, 5) is 4.04. The largest absolute Gasteiger partial charge is 0.306 e. The lowest BCUT2D eigenvalue weighted by atomic mass is 10.0. The third kappa shape index (κ3) is 2.94. The summed E-state index contributed by atoms with van der Waals surface area (Å²) in [6.45, 7) is 0. The van der Waals surface area contributed by atoms with Gasteiger partial charge in [-0.25, -0.2) is 9.37 Å². The fourth-order valence-corrected chi connectivity index (χ4v) is 2.19. The molecule has 3 rings (SSSR count). The zero-order chi connectivity index (χ0) is 13.8. The molecule has 0 unspecified atom stereocenters. The first-order chi connectivity index (χ1) is 9.81. The van der Waals surface area contributed by atoms with Crippen LogP contribution in [0.5, 0.6) is 0 Å². The summed E-state index contributed by atoms with van der Waals surface area (Å²) in [5, 5.41) is 0. The molecule has 20 heavy (non-hydrogen) atoms. The Balaban J connectivity index is 1.65. The molecule has 1 heterocycles. The lowest BCUT2D eigenvalue weighted by molar-refractivity contribution is 0.627. The molecule has 0 N–H and O–H groups in total. The van der Waals surface area contributed by atoms with Crippen molar-refractivity contribution in [2.45, 2.75) is 12.8 Å². The van der Waals surface area contributed by atoms with Gasteiger partial charge in [-0.2, -0.15) is 0 Å². The zero-order valence-electron chi connectivity index (χ0n) is 11.0. The normalized spacial score (nSPS) is 10.7. The number of aromatic nitrogens is 2. The van der Waals surface area contributed by atoms with Gasteiger partial charge in [0.1, 0.15) is 5.82 Å². The van der Waals surface area contributed by atoms with Crippen molar-refractivity contribution in [3.05, 3.63) is 84.2 Å². The minimum Gasteiger partial charge on any atom is -0.306 e. The smallest absolute Gasteiger partial charge is 0.123 e. The van der Waals surface area contributed by atoms with Crippen LogP contribution in [0.25, 0.3) is 5.69 Å². The summed E-state index contributed by atoms with van der Waals surface area (Å²) in [5.41, 5.74) is 3.54. The van der Waals surface area contributed by atoms with E-state index in [-0.39, 0.29) is 5.82 Å². The number of imidazole rings is 1. The quantitative estimate of drug-likeness (QED) is 0.702. The van der Waals surface area contributed by atoms with Gasteiger partial charge in [0.05, 0.1) is 6.33 Å². The van der Waals surface area contributed by atoms with Crippen LogP contribution in [0.15, 0.2) is 67.3 Å². The number of hydrogen-bond donors (Lipinski definition) is 0. The van der Waals surface area contributed by atoms with Crippen molar-refractivity contribution in [1.82, 2.24) is 9.55 Å². The van der Waals surface area contributed by atoms with Gasteiger partial charge in [0, 0.05) is 18.1 Å². The van der Waals surface area contributed by atoms with Crippen molar-refractivity contribution in [2.24, 2.45) is 0 Å². The van der Waals surface area contributed by atoms with Gasteiger partial charge in [-0.1, -0.05) is 24.3 Å². The van der Waals surface area contributed by atoms with Gasteiger partial charge in [-0.3, -0.25) is 0 Å². The number of benzene rings is 2. The molecule has 1 aromatic heterocycles. The molecule has 0 amide bonds. The minimum absolute atomic E-state index is 0.182. The van der Waals surface area contributed by atoms with Gasteiger partial charge in [0.2, 0.25) is 0 Å². The second-order valence-electron chi connectivity index (χ2n) is 4.76. The number of hydrogen-bond acceptors (Lipinski definition) is 1. The van der Waals surface area contributed by atoms with E-state index < -0.39 is 0 Å². The fourth-order valence-electron chi connectivity index (χ4n) is 2.19. The predicted molar refractivity (Wildman–Crippen MR) is 77.4 cm³/mol. The topological polar surface area (TPSA) is 17.8 Å². The van der Waals surface area contributed by atoms with Crippen LogP contribution in [0.4, 0.5) is 4.39 Å². The maximum absolute atomic E-state index is 12.8. The van der Waals surface area contributed by atoms with E-state index in [1.807, 2.05) is 22.9 Å². The highest BCUT2D eigenvalue weighted by atomic mass is 19.1. The molecule has 0 fully saturated rings. The Morgan fingerprint density at radius 2 is 1.45 bits per heavy atom. The van der Waals surface area contributed by atoms with Gasteiger partial charge in [0.15, 0.2) is 0 Å². The molecule has 3 heteroatoms. The van der Waals surface area contributed by atoms with Crippen molar-refractivity contribution in [2.75, 3.05) is 0 Å². The van der Waals surface area contributed by atoms with Crippen molar-refractivity contribution in [3.8, 4) is 5.69 Å². The van der Waals surface area contributed by atoms with E-state index in [0.717, 1.165) is 24.1 Å². The Hall–Kier alpha value is -2.42. The average Bonchev–Trinajstić information content (AvgIpc) is 3.01. The standard InChI is InChI=1S/C17H15FN2/c18-16-7-3-14(4-8-16)1-2-15-5-9-17(10-6-15)20-12-11-19-13-20/h3-13H,1-2H2. The molecule has 2 nitrogen and oxygen atoms in total. The van der Waals surface area contributed by atoms with E-state index in [0.29, 0.717) is 0 Å². The first kappa shape index (κ1) is 12.6. The molecule has 0 saturated carbocycles. The molecule has 0 atom stereocenters. The molecule has 0 aliphatic rings.